The van der Waals surface area contributed by atoms with Gasteiger partial charge < -0.3 is 14.0 Å². The molecule has 1 unspecified atom stereocenters. The summed E-state index contributed by atoms with van der Waals surface area (Å²) < 4.78 is 30.9. The van der Waals surface area contributed by atoms with Gasteiger partial charge in [0, 0.05) is 25.3 Å². The standard InChI is InChI=1S/C24H26ClFN6O2/c1-33-16-6-4-5-15(11-16)31-12-27-18-10-14(9-17(26)22(18)31)20-21-23(30-24(25)29-20)32(13-28-21)19-7-2-3-8-34-19/h9-10,12-13,15-16,19H,2-8,11H2,1H3/t15-,16-,19?/m0/s1. The zero-order valence-corrected chi connectivity index (χ0v) is 19.7. The van der Waals surface area contributed by atoms with Crippen molar-refractivity contribution in [3.8, 4) is 11.3 Å². The zero-order chi connectivity index (χ0) is 23.2. The molecular formula is C24H26ClFN6O2. The normalized spacial score (nSPS) is 23.7. The van der Waals surface area contributed by atoms with Crippen molar-refractivity contribution >= 4 is 33.8 Å². The molecule has 8 nitrogen and oxygen atoms in total. The molecule has 0 N–H and O–H groups in total. The second kappa shape index (κ2) is 8.87. The third kappa shape index (κ3) is 3.76. The molecule has 4 heterocycles. The predicted octanol–water partition coefficient (Wildman–Crippen LogP) is 5.46. The highest BCUT2D eigenvalue weighted by Crippen LogP contribution is 2.36. The molecule has 1 saturated heterocycles. The molecule has 2 fully saturated rings. The Bertz CT molecular complexity index is 1350. The fourth-order valence-corrected chi connectivity index (χ4v) is 5.53. The van der Waals surface area contributed by atoms with E-state index in [-0.39, 0.29) is 29.5 Å². The maximum atomic E-state index is 15.5. The Balaban J connectivity index is 1.42. The minimum atomic E-state index is -0.345. The van der Waals surface area contributed by atoms with Crippen molar-refractivity contribution in [1.29, 1.82) is 0 Å². The Morgan fingerprint density at radius 2 is 1.94 bits per heavy atom. The van der Waals surface area contributed by atoms with Gasteiger partial charge in [0.25, 0.3) is 0 Å². The Labute approximate surface area is 201 Å². The summed E-state index contributed by atoms with van der Waals surface area (Å²) in [7, 11) is 1.74. The van der Waals surface area contributed by atoms with Crippen LogP contribution < -0.4 is 0 Å². The third-order valence-electron chi connectivity index (χ3n) is 7.08. The fourth-order valence-electron chi connectivity index (χ4n) is 5.37. The highest BCUT2D eigenvalue weighted by Gasteiger charge is 2.26. The number of halogens is 2. The highest BCUT2D eigenvalue weighted by molar-refractivity contribution is 6.28. The first-order valence-corrected chi connectivity index (χ1v) is 12.2. The van der Waals surface area contributed by atoms with E-state index in [4.69, 9.17) is 21.1 Å². The van der Waals surface area contributed by atoms with Crippen LogP contribution in [0.2, 0.25) is 5.28 Å². The topological polar surface area (TPSA) is 79.9 Å². The van der Waals surface area contributed by atoms with Crippen LogP contribution in [0.25, 0.3) is 33.5 Å². The van der Waals surface area contributed by atoms with Gasteiger partial charge in [0.2, 0.25) is 5.28 Å². The quantitative estimate of drug-likeness (QED) is 0.357. The summed E-state index contributed by atoms with van der Waals surface area (Å²) in [5.41, 5.74) is 3.28. The summed E-state index contributed by atoms with van der Waals surface area (Å²) >= 11 is 6.30. The smallest absolute Gasteiger partial charge is 0.225 e. The van der Waals surface area contributed by atoms with Gasteiger partial charge in [-0.2, -0.15) is 4.98 Å². The number of benzene rings is 1. The summed E-state index contributed by atoms with van der Waals surface area (Å²) in [5.74, 6) is -0.345. The molecule has 0 bridgehead atoms. The van der Waals surface area contributed by atoms with Crippen LogP contribution in [0.4, 0.5) is 4.39 Å². The average molecular weight is 485 g/mol. The first-order valence-electron chi connectivity index (χ1n) is 11.8. The van der Waals surface area contributed by atoms with Crippen LogP contribution >= 0.6 is 11.6 Å². The third-order valence-corrected chi connectivity index (χ3v) is 7.25. The van der Waals surface area contributed by atoms with E-state index in [0.717, 1.165) is 44.9 Å². The van der Waals surface area contributed by atoms with E-state index in [9.17, 15) is 0 Å². The number of methoxy groups -OCH3 is 1. The van der Waals surface area contributed by atoms with Gasteiger partial charge >= 0.3 is 0 Å². The Hall–Kier alpha value is -2.62. The number of aromatic nitrogens is 6. The van der Waals surface area contributed by atoms with Crippen molar-refractivity contribution in [2.24, 2.45) is 0 Å². The second-order valence-electron chi connectivity index (χ2n) is 9.14. The first kappa shape index (κ1) is 21.9. The summed E-state index contributed by atoms with van der Waals surface area (Å²) in [5, 5.41) is 0.0823. The van der Waals surface area contributed by atoms with Crippen molar-refractivity contribution in [3.05, 3.63) is 35.9 Å². The van der Waals surface area contributed by atoms with Gasteiger partial charge in [-0.1, -0.05) is 0 Å². The molecule has 0 radical (unpaired) electrons. The van der Waals surface area contributed by atoms with E-state index < -0.39 is 0 Å². The molecule has 0 amide bonds. The monoisotopic (exact) mass is 484 g/mol. The molecule has 1 saturated carbocycles. The molecule has 34 heavy (non-hydrogen) atoms. The molecule has 6 rings (SSSR count). The van der Waals surface area contributed by atoms with Gasteiger partial charge in [0.05, 0.1) is 24.3 Å². The summed E-state index contributed by atoms with van der Waals surface area (Å²) in [6.45, 7) is 0.701. The molecule has 10 heteroatoms. The number of nitrogens with zero attached hydrogens (tertiary/aromatic N) is 6. The lowest BCUT2D eigenvalue weighted by Gasteiger charge is -2.29. The van der Waals surface area contributed by atoms with Crippen molar-refractivity contribution in [1.82, 2.24) is 29.1 Å². The lowest BCUT2D eigenvalue weighted by Crippen LogP contribution is -2.23. The molecule has 1 aliphatic carbocycles. The van der Waals surface area contributed by atoms with Crippen LogP contribution in [-0.4, -0.2) is 48.9 Å². The predicted molar refractivity (Wildman–Crippen MR) is 126 cm³/mol. The van der Waals surface area contributed by atoms with Gasteiger partial charge in [0.15, 0.2) is 5.65 Å². The van der Waals surface area contributed by atoms with Crippen molar-refractivity contribution < 1.29 is 13.9 Å². The number of imidazole rings is 2. The van der Waals surface area contributed by atoms with Crippen molar-refractivity contribution in [3.63, 3.8) is 0 Å². The minimum absolute atomic E-state index is 0.0823. The largest absolute Gasteiger partial charge is 0.381 e. The molecule has 2 aliphatic rings. The van der Waals surface area contributed by atoms with Gasteiger partial charge in [-0.15, -0.1) is 0 Å². The first-order chi connectivity index (χ1) is 16.6. The van der Waals surface area contributed by atoms with Gasteiger partial charge in [-0.25, -0.2) is 19.3 Å². The number of hydrogen-bond donors (Lipinski definition) is 0. The second-order valence-corrected chi connectivity index (χ2v) is 9.48. The lowest BCUT2D eigenvalue weighted by molar-refractivity contribution is -0.0298. The van der Waals surface area contributed by atoms with Crippen LogP contribution in [0.15, 0.2) is 24.8 Å². The minimum Gasteiger partial charge on any atom is -0.381 e. The van der Waals surface area contributed by atoms with E-state index in [1.54, 1.807) is 19.8 Å². The maximum Gasteiger partial charge on any atom is 0.225 e. The molecule has 3 atom stereocenters. The lowest BCUT2D eigenvalue weighted by atomic mass is 9.92. The number of rotatable bonds is 4. The van der Waals surface area contributed by atoms with Crippen molar-refractivity contribution in [2.45, 2.75) is 63.3 Å². The van der Waals surface area contributed by atoms with E-state index in [2.05, 4.69) is 19.9 Å². The van der Waals surface area contributed by atoms with Crippen LogP contribution in [0.1, 0.15) is 57.2 Å². The molecule has 1 aromatic carbocycles. The van der Waals surface area contributed by atoms with Gasteiger partial charge in [-0.05, 0) is 68.7 Å². The molecule has 4 aromatic rings. The number of fused-ring (bicyclic) bond motifs is 2. The Morgan fingerprint density at radius 1 is 1.06 bits per heavy atom. The average Bonchev–Trinajstić information content (AvgIpc) is 3.49. The van der Waals surface area contributed by atoms with E-state index >= 15 is 4.39 Å². The van der Waals surface area contributed by atoms with Crippen LogP contribution in [0, 0.1) is 5.82 Å². The van der Waals surface area contributed by atoms with Gasteiger partial charge in [0.1, 0.15) is 28.8 Å². The SMILES string of the molecule is CO[C@H]1CCC[C@H](n2cnc3cc(-c4nc(Cl)nc5c4ncn5C4CCCCO4)cc(F)c32)C1. The summed E-state index contributed by atoms with van der Waals surface area (Å²) in [6.07, 6.45) is 10.4. The van der Waals surface area contributed by atoms with Crippen LogP contribution in [0.3, 0.4) is 0 Å². The van der Waals surface area contributed by atoms with Crippen molar-refractivity contribution in [2.75, 3.05) is 13.7 Å². The Morgan fingerprint density at radius 3 is 2.76 bits per heavy atom. The molecule has 1 aliphatic heterocycles. The summed E-state index contributed by atoms with van der Waals surface area (Å²) in [6, 6.07) is 3.50. The van der Waals surface area contributed by atoms with E-state index in [1.807, 2.05) is 15.2 Å². The van der Waals surface area contributed by atoms with Crippen LogP contribution in [-0.2, 0) is 9.47 Å². The van der Waals surface area contributed by atoms with E-state index in [0.29, 0.717) is 40.1 Å². The molecule has 0 spiro atoms. The number of hydrogen-bond acceptors (Lipinski definition) is 6. The maximum absolute atomic E-state index is 15.5. The highest BCUT2D eigenvalue weighted by atomic mass is 35.5. The molecule has 3 aromatic heterocycles. The zero-order valence-electron chi connectivity index (χ0n) is 19.0. The van der Waals surface area contributed by atoms with E-state index in [1.165, 1.54) is 6.07 Å². The Kier molecular flexibility index (Phi) is 5.71. The van der Waals surface area contributed by atoms with Gasteiger partial charge in [-0.3, -0.25) is 4.57 Å². The molecular weight excluding hydrogens is 459 g/mol. The number of ether oxygens (including phenoxy) is 2. The summed E-state index contributed by atoms with van der Waals surface area (Å²) in [4.78, 5) is 17.9. The fraction of sp³-hybridized carbons (Fsp3) is 0.500. The molecule has 178 valence electrons. The van der Waals surface area contributed by atoms with Crippen LogP contribution in [0.5, 0.6) is 0 Å².